The lowest BCUT2D eigenvalue weighted by Gasteiger charge is -2.46. The molecule has 0 aromatic carbocycles. The number of aliphatic hydroxyl groups excluding tert-OH is 7. The third kappa shape index (κ3) is 10.9. The van der Waals surface area contributed by atoms with Crippen molar-refractivity contribution in [2.45, 2.75) is 124 Å². The SMILES string of the molecule is N[C@@H](CCc1c[n+](C[C@@H](CC[C@H](N)C(=O)O)O[C@@H]2O[C@H](CO)[C@H](O)[C@H](O)[C@H]2O[C@H]2O[C@H](CO)[C@@H](O)[C@H](O)[C@H]2O)cc([O-])c1C[C@H](N)C(=O)O)C(=O)O. The molecule has 2 aliphatic rings. The van der Waals surface area contributed by atoms with Crippen molar-refractivity contribution >= 4 is 17.9 Å². The molecular weight excluding hydrogens is 704 g/mol. The second-order valence-electron chi connectivity index (χ2n) is 12.7. The molecule has 22 heteroatoms. The fourth-order valence-electron chi connectivity index (χ4n) is 5.76. The van der Waals surface area contributed by atoms with E-state index in [-0.39, 0.29) is 43.4 Å². The number of nitrogens with zero attached hydrogens (tertiary/aromatic N) is 1. The molecule has 2 fully saturated rings. The van der Waals surface area contributed by atoms with Gasteiger partial charge in [0.2, 0.25) is 0 Å². The number of nitrogens with two attached hydrogens (primary N) is 3. The molecule has 0 radical (unpaired) electrons. The van der Waals surface area contributed by atoms with Crippen molar-refractivity contribution in [3.63, 3.8) is 0 Å². The van der Waals surface area contributed by atoms with Gasteiger partial charge in [0.05, 0.1) is 13.2 Å². The zero-order valence-electron chi connectivity index (χ0n) is 27.8. The van der Waals surface area contributed by atoms with E-state index in [2.05, 4.69) is 0 Å². The van der Waals surface area contributed by atoms with E-state index in [0.717, 1.165) is 6.20 Å². The van der Waals surface area contributed by atoms with Gasteiger partial charge < -0.3 is 92.3 Å². The van der Waals surface area contributed by atoms with Gasteiger partial charge >= 0.3 is 17.9 Å². The van der Waals surface area contributed by atoms with Crippen molar-refractivity contribution in [2.75, 3.05) is 13.2 Å². The minimum absolute atomic E-state index is 0.0133. The summed E-state index contributed by atoms with van der Waals surface area (Å²) in [6.45, 7) is -1.95. The van der Waals surface area contributed by atoms with Crippen LogP contribution in [0.1, 0.15) is 30.4 Å². The van der Waals surface area contributed by atoms with Crippen LogP contribution in [0.25, 0.3) is 0 Å². The summed E-state index contributed by atoms with van der Waals surface area (Å²) in [6, 6.07) is -4.21. The number of aliphatic carboxylic acids is 3. The Morgan fingerprint density at radius 2 is 1.29 bits per heavy atom. The highest BCUT2D eigenvalue weighted by atomic mass is 16.8. The second-order valence-corrected chi connectivity index (χ2v) is 12.7. The second kappa shape index (κ2) is 19.2. The van der Waals surface area contributed by atoms with Crippen LogP contribution in [0.5, 0.6) is 5.75 Å². The maximum Gasteiger partial charge on any atom is 0.320 e. The van der Waals surface area contributed by atoms with Gasteiger partial charge in [-0.25, -0.2) is 4.57 Å². The van der Waals surface area contributed by atoms with Gasteiger partial charge in [0, 0.05) is 5.56 Å². The number of carbonyl (C=O) groups is 3. The summed E-state index contributed by atoms with van der Waals surface area (Å²) in [5.74, 6) is -4.76. The Kier molecular flexibility index (Phi) is 16.0. The van der Waals surface area contributed by atoms with Gasteiger partial charge in [-0.2, -0.15) is 0 Å². The Hall–Kier alpha value is -3.20. The summed E-state index contributed by atoms with van der Waals surface area (Å²) in [6.07, 6.45) is -17.4. The number of ether oxygens (including phenoxy) is 4. The van der Waals surface area contributed by atoms with Crippen LogP contribution in [0.4, 0.5) is 0 Å². The van der Waals surface area contributed by atoms with Crippen molar-refractivity contribution in [1.82, 2.24) is 0 Å². The summed E-state index contributed by atoms with van der Waals surface area (Å²) in [5, 5.41) is 113. The van der Waals surface area contributed by atoms with Crippen LogP contribution in [0.2, 0.25) is 0 Å². The number of aromatic nitrogens is 1. The molecule has 0 spiro atoms. The van der Waals surface area contributed by atoms with Crippen molar-refractivity contribution < 1.29 is 94.1 Å². The van der Waals surface area contributed by atoms with Gasteiger partial charge in [0.25, 0.3) is 0 Å². The Labute approximate surface area is 296 Å². The van der Waals surface area contributed by atoms with Crippen molar-refractivity contribution in [3.8, 4) is 5.75 Å². The van der Waals surface area contributed by atoms with Crippen molar-refractivity contribution in [2.24, 2.45) is 17.2 Å². The average molecular weight is 753 g/mol. The number of rotatable bonds is 19. The predicted octanol–water partition coefficient (Wildman–Crippen LogP) is -7.45. The van der Waals surface area contributed by atoms with Crippen LogP contribution in [-0.4, -0.2) is 168 Å². The zero-order valence-corrected chi connectivity index (χ0v) is 27.8. The number of pyridine rings is 1. The summed E-state index contributed by atoms with van der Waals surface area (Å²) < 4.78 is 24.1. The van der Waals surface area contributed by atoms with E-state index in [0.29, 0.717) is 0 Å². The lowest BCUT2D eigenvalue weighted by atomic mass is 9.96. The topological polar surface area (TPSA) is 395 Å². The first-order chi connectivity index (χ1) is 24.4. The maximum atomic E-state index is 13.3. The van der Waals surface area contributed by atoms with Gasteiger partial charge in [0.1, 0.15) is 73.1 Å². The number of aryl methyl sites for hydroxylation is 1. The van der Waals surface area contributed by atoms with Crippen LogP contribution >= 0.6 is 0 Å². The van der Waals surface area contributed by atoms with Gasteiger partial charge in [-0.3, -0.25) is 14.4 Å². The first-order valence-electron chi connectivity index (χ1n) is 16.3. The van der Waals surface area contributed by atoms with Gasteiger partial charge in [-0.05, 0) is 43.4 Å². The number of carboxylic acid groups (broad SMARTS) is 3. The summed E-state index contributed by atoms with van der Waals surface area (Å²) >= 11 is 0. The van der Waals surface area contributed by atoms with Crippen LogP contribution in [0.15, 0.2) is 12.4 Å². The zero-order chi connectivity index (χ0) is 39.0. The summed E-state index contributed by atoms with van der Waals surface area (Å²) in [4.78, 5) is 34.3. The highest BCUT2D eigenvalue weighted by Crippen LogP contribution is 2.31. The normalized spacial score (nSPS) is 31.7. The molecule has 0 saturated carbocycles. The van der Waals surface area contributed by atoms with Crippen molar-refractivity contribution in [3.05, 3.63) is 23.5 Å². The molecule has 52 heavy (non-hydrogen) atoms. The molecule has 22 nitrogen and oxygen atoms in total. The van der Waals surface area contributed by atoms with Crippen LogP contribution in [0.3, 0.4) is 0 Å². The van der Waals surface area contributed by atoms with E-state index in [9.17, 15) is 70.6 Å². The standard InChI is InChI=1S/C30H48N4O18/c31-14(26(43)44)3-1-11-6-34(8-17(37)13(11)5-16(33)28(47)48)7-12(2-4-15(32)27(45)46)49-30-25(23(41)21(39)19(10-36)51-30)52-29-24(42)22(40)20(38)18(9-35)50-29/h6,8,12,14-16,18-25,29-30,35-36,38-42H,1-5,7,9-10,31-33H2,(H3-,37,43,44,45,46,47,48)/t12-,14+,15+,16+,18-,19-,20-,21+,22+,23+,24-,25-,29-,30-/m1/s1. The van der Waals surface area contributed by atoms with E-state index >= 15 is 0 Å². The molecule has 2 saturated heterocycles. The van der Waals surface area contributed by atoms with Gasteiger partial charge in [0.15, 0.2) is 31.5 Å². The average Bonchev–Trinajstić information content (AvgIpc) is 3.09. The monoisotopic (exact) mass is 752 g/mol. The van der Waals surface area contributed by atoms with E-state index in [4.69, 9.17) is 36.1 Å². The lowest BCUT2D eigenvalue weighted by Crippen LogP contribution is -2.65. The van der Waals surface area contributed by atoms with E-state index < -0.39 is 129 Å². The molecule has 0 amide bonds. The Balaban J connectivity index is 1.99. The summed E-state index contributed by atoms with van der Waals surface area (Å²) in [5.41, 5.74) is 17.2. The molecule has 14 atom stereocenters. The van der Waals surface area contributed by atoms with Crippen molar-refractivity contribution in [1.29, 1.82) is 0 Å². The van der Waals surface area contributed by atoms with Crippen LogP contribution in [-0.2, 0) is 52.7 Å². The van der Waals surface area contributed by atoms with E-state index in [1.54, 1.807) is 0 Å². The molecule has 0 unspecified atom stereocenters. The highest BCUT2D eigenvalue weighted by Gasteiger charge is 2.51. The van der Waals surface area contributed by atoms with Crippen LogP contribution < -0.4 is 26.9 Å². The quantitative estimate of drug-likeness (QED) is 0.0584. The molecule has 296 valence electrons. The fourth-order valence-corrected chi connectivity index (χ4v) is 5.76. The molecule has 0 aliphatic carbocycles. The molecule has 3 heterocycles. The molecule has 2 aliphatic heterocycles. The minimum atomic E-state index is -1.95. The Bertz CT molecular complexity index is 1360. The Morgan fingerprint density at radius 3 is 1.85 bits per heavy atom. The smallest absolute Gasteiger partial charge is 0.320 e. The fraction of sp³-hybridized carbons (Fsp3) is 0.733. The molecule has 1 aromatic heterocycles. The number of hydrogen-bond acceptors (Lipinski definition) is 18. The van der Waals surface area contributed by atoms with E-state index in [1.807, 2.05) is 0 Å². The minimum Gasteiger partial charge on any atom is -0.868 e. The third-order valence-electron chi connectivity index (χ3n) is 8.90. The molecule has 1 aromatic rings. The molecule has 16 N–H and O–H groups in total. The predicted molar refractivity (Wildman–Crippen MR) is 165 cm³/mol. The molecule has 0 bridgehead atoms. The van der Waals surface area contributed by atoms with E-state index in [1.165, 1.54) is 10.8 Å². The summed E-state index contributed by atoms with van der Waals surface area (Å²) in [7, 11) is 0. The van der Waals surface area contributed by atoms with Gasteiger partial charge in [-0.15, -0.1) is 0 Å². The number of carboxylic acids is 3. The molecule has 3 rings (SSSR count). The third-order valence-corrected chi connectivity index (χ3v) is 8.90. The van der Waals surface area contributed by atoms with Gasteiger partial charge in [-0.1, -0.05) is 0 Å². The maximum absolute atomic E-state index is 13.3. The van der Waals surface area contributed by atoms with Crippen LogP contribution in [0, 0.1) is 0 Å². The molecular formula is C30H48N4O18. The lowest BCUT2D eigenvalue weighted by molar-refractivity contribution is -0.707. The number of aliphatic hydroxyl groups is 7. The first kappa shape index (κ1) is 43.2. The Morgan fingerprint density at radius 1 is 0.750 bits per heavy atom. The highest BCUT2D eigenvalue weighted by molar-refractivity contribution is 5.74. The first-order valence-corrected chi connectivity index (χ1v) is 16.3. The number of hydrogen-bond donors (Lipinski definition) is 13. The largest absolute Gasteiger partial charge is 0.868 e.